The number of ether oxygens (including phenoxy) is 1. The summed E-state index contributed by atoms with van der Waals surface area (Å²) < 4.78 is 58.3. The number of nitrogens with one attached hydrogen (secondary N) is 1. The Kier molecular flexibility index (Phi) is 5.79. The Morgan fingerprint density at radius 3 is 2.13 bits per heavy atom. The van der Waals surface area contributed by atoms with E-state index in [9.17, 15) is 16.8 Å². The van der Waals surface area contributed by atoms with E-state index in [1.807, 2.05) is 6.92 Å². The van der Waals surface area contributed by atoms with Crippen molar-refractivity contribution in [1.82, 2.24) is 9.03 Å². The predicted molar refractivity (Wildman–Crippen MR) is 86.1 cm³/mol. The Morgan fingerprint density at radius 2 is 1.61 bits per heavy atom. The Morgan fingerprint density at radius 1 is 1.09 bits per heavy atom. The molecule has 0 unspecified atom stereocenters. The molecule has 0 bridgehead atoms. The summed E-state index contributed by atoms with van der Waals surface area (Å²) in [5.41, 5.74) is 0. The summed E-state index contributed by atoms with van der Waals surface area (Å²) in [4.78, 5) is 0.139. The van der Waals surface area contributed by atoms with Crippen molar-refractivity contribution in [3.8, 4) is 0 Å². The molecule has 1 saturated heterocycles. The van der Waals surface area contributed by atoms with Crippen LogP contribution in [-0.4, -0.2) is 53.5 Å². The molecule has 0 aliphatic carbocycles. The molecule has 0 aromatic heterocycles. The molecule has 1 atom stereocenters. The van der Waals surface area contributed by atoms with E-state index in [2.05, 4.69) is 4.72 Å². The number of morpholine rings is 1. The molecule has 1 fully saturated rings. The van der Waals surface area contributed by atoms with Gasteiger partial charge in [0.25, 0.3) is 0 Å². The molecule has 1 aliphatic rings. The third-order valence-corrected chi connectivity index (χ3v) is 7.23. The zero-order valence-electron chi connectivity index (χ0n) is 13.2. The van der Waals surface area contributed by atoms with Crippen LogP contribution in [0.2, 0.25) is 0 Å². The van der Waals surface area contributed by atoms with Gasteiger partial charge in [0, 0.05) is 19.1 Å². The van der Waals surface area contributed by atoms with Gasteiger partial charge in [0.2, 0.25) is 20.0 Å². The Balaban J connectivity index is 2.22. The van der Waals surface area contributed by atoms with Crippen LogP contribution in [0.4, 0.5) is 0 Å². The fraction of sp³-hybridized carbons (Fsp3) is 0.571. The van der Waals surface area contributed by atoms with Gasteiger partial charge < -0.3 is 4.74 Å². The van der Waals surface area contributed by atoms with Gasteiger partial charge in [-0.1, -0.05) is 6.92 Å². The summed E-state index contributed by atoms with van der Waals surface area (Å²) >= 11 is 0. The summed E-state index contributed by atoms with van der Waals surface area (Å²) in [6, 6.07) is 5.11. The summed E-state index contributed by atoms with van der Waals surface area (Å²) in [7, 11) is -7.25. The second-order valence-electron chi connectivity index (χ2n) is 5.42. The van der Waals surface area contributed by atoms with Gasteiger partial charge in [0.15, 0.2) is 0 Å². The largest absolute Gasteiger partial charge is 0.379 e. The van der Waals surface area contributed by atoms with Crippen LogP contribution >= 0.6 is 0 Å². The number of sulfonamides is 2. The molecule has 1 N–H and O–H groups in total. The standard InChI is InChI=1S/C14H22N2O5S2/c1-3-12(2)15-22(17,18)13-4-6-14(7-5-13)23(19,20)16-8-10-21-11-9-16/h4-7,12,15H,3,8-11H2,1-2H3/t12-/m1/s1. The zero-order chi connectivity index (χ0) is 17.1. The summed E-state index contributed by atoms with van der Waals surface area (Å²) in [5.74, 6) is 0. The molecular formula is C14H22N2O5S2. The fourth-order valence-electron chi connectivity index (χ4n) is 2.14. The quantitative estimate of drug-likeness (QED) is 0.807. The minimum Gasteiger partial charge on any atom is -0.379 e. The lowest BCUT2D eigenvalue weighted by Gasteiger charge is -2.26. The normalized spacial score (nSPS) is 18.7. The maximum Gasteiger partial charge on any atom is 0.243 e. The highest BCUT2D eigenvalue weighted by molar-refractivity contribution is 7.89. The van der Waals surface area contributed by atoms with Gasteiger partial charge in [-0.25, -0.2) is 21.6 Å². The van der Waals surface area contributed by atoms with Crippen LogP contribution in [0.5, 0.6) is 0 Å². The van der Waals surface area contributed by atoms with Gasteiger partial charge in [0.1, 0.15) is 0 Å². The monoisotopic (exact) mass is 362 g/mol. The Bertz CT molecular complexity index is 723. The predicted octanol–water partition coefficient (Wildman–Crippen LogP) is 0.784. The molecule has 1 heterocycles. The first kappa shape index (κ1) is 18.3. The Labute approximate surface area is 137 Å². The summed E-state index contributed by atoms with van der Waals surface area (Å²) in [5, 5.41) is 0. The van der Waals surface area contributed by atoms with Crippen molar-refractivity contribution in [2.75, 3.05) is 26.3 Å². The molecule has 9 heteroatoms. The minimum absolute atomic E-state index is 0.0544. The molecule has 1 aromatic carbocycles. The van der Waals surface area contributed by atoms with Crippen molar-refractivity contribution in [1.29, 1.82) is 0 Å². The van der Waals surface area contributed by atoms with Gasteiger partial charge in [-0.2, -0.15) is 4.31 Å². The van der Waals surface area contributed by atoms with E-state index in [4.69, 9.17) is 4.74 Å². The van der Waals surface area contributed by atoms with Crippen LogP contribution in [0.25, 0.3) is 0 Å². The van der Waals surface area contributed by atoms with Crippen molar-refractivity contribution in [3.05, 3.63) is 24.3 Å². The third-order valence-electron chi connectivity index (χ3n) is 3.71. The van der Waals surface area contributed by atoms with Gasteiger partial charge in [0.05, 0.1) is 23.0 Å². The number of hydrogen-bond acceptors (Lipinski definition) is 5. The maximum atomic E-state index is 12.5. The highest BCUT2D eigenvalue weighted by Gasteiger charge is 2.27. The molecule has 130 valence electrons. The fourth-order valence-corrected chi connectivity index (χ4v) is 4.88. The van der Waals surface area contributed by atoms with Crippen LogP contribution in [0.3, 0.4) is 0 Å². The second kappa shape index (κ2) is 7.27. The van der Waals surface area contributed by atoms with E-state index in [1.54, 1.807) is 6.92 Å². The molecule has 0 radical (unpaired) electrons. The molecule has 0 amide bonds. The molecule has 0 saturated carbocycles. The lowest BCUT2D eigenvalue weighted by atomic mass is 10.3. The van der Waals surface area contributed by atoms with Crippen molar-refractivity contribution in [2.45, 2.75) is 36.1 Å². The van der Waals surface area contributed by atoms with Crippen molar-refractivity contribution in [2.24, 2.45) is 0 Å². The average Bonchev–Trinajstić information content (AvgIpc) is 2.55. The highest BCUT2D eigenvalue weighted by atomic mass is 32.2. The van der Waals surface area contributed by atoms with Gasteiger partial charge in [-0.3, -0.25) is 0 Å². The van der Waals surface area contributed by atoms with E-state index in [1.165, 1.54) is 28.6 Å². The first-order chi connectivity index (χ1) is 10.8. The van der Waals surface area contributed by atoms with Gasteiger partial charge in [-0.15, -0.1) is 0 Å². The lowest BCUT2D eigenvalue weighted by Crippen LogP contribution is -2.40. The number of benzene rings is 1. The molecule has 7 nitrogen and oxygen atoms in total. The average molecular weight is 362 g/mol. The molecule has 23 heavy (non-hydrogen) atoms. The third kappa shape index (κ3) is 4.30. The van der Waals surface area contributed by atoms with Gasteiger partial charge in [-0.05, 0) is 37.6 Å². The van der Waals surface area contributed by atoms with Crippen LogP contribution in [0, 0.1) is 0 Å². The molecule has 1 aromatic rings. The summed E-state index contributed by atoms with van der Waals surface area (Å²) in [6.07, 6.45) is 0.669. The van der Waals surface area contributed by atoms with Crippen LogP contribution in [-0.2, 0) is 24.8 Å². The van der Waals surface area contributed by atoms with Crippen LogP contribution in [0.1, 0.15) is 20.3 Å². The smallest absolute Gasteiger partial charge is 0.243 e. The van der Waals surface area contributed by atoms with Crippen LogP contribution < -0.4 is 4.72 Å². The van der Waals surface area contributed by atoms with Crippen molar-refractivity contribution < 1.29 is 21.6 Å². The molecule has 2 rings (SSSR count). The van der Waals surface area contributed by atoms with Crippen molar-refractivity contribution in [3.63, 3.8) is 0 Å². The zero-order valence-corrected chi connectivity index (χ0v) is 14.9. The topological polar surface area (TPSA) is 92.8 Å². The first-order valence-electron chi connectivity index (χ1n) is 7.47. The second-order valence-corrected chi connectivity index (χ2v) is 9.07. The number of hydrogen-bond donors (Lipinski definition) is 1. The van der Waals surface area contributed by atoms with Crippen LogP contribution in [0.15, 0.2) is 34.1 Å². The number of rotatable bonds is 6. The van der Waals surface area contributed by atoms with E-state index in [-0.39, 0.29) is 15.8 Å². The van der Waals surface area contributed by atoms with E-state index in [0.29, 0.717) is 32.7 Å². The molecule has 1 aliphatic heterocycles. The maximum absolute atomic E-state index is 12.5. The SMILES string of the molecule is CC[C@@H](C)NS(=O)(=O)c1ccc(S(=O)(=O)N2CCOCC2)cc1. The number of nitrogens with zero attached hydrogens (tertiary/aromatic N) is 1. The van der Waals surface area contributed by atoms with E-state index < -0.39 is 20.0 Å². The van der Waals surface area contributed by atoms with E-state index in [0.717, 1.165) is 0 Å². The van der Waals surface area contributed by atoms with Gasteiger partial charge >= 0.3 is 0 Å². The van der Waals surface area contributed by atoms with Crippen molar-refractivity contribution >= 4 is 20.0 Å². The highest BCUT2D eigenvalue weighted by Crippen LogP contribution is 2.19. The summed E-state index contributed by atoms with van der Waals surface area (Å²) in [6.45, 7) is 4.99. The molecule has 0 spiro atoms. The molecular weight excluding hydrogens is 340 g/mol. The minimum atomic E-state index is -3.64. The Hall–Kier alpha value is -1.00. The lowest BCUT2D eigenvalue weighted by molar-refractivity contribution is 0.0730. The first-order valence-corrected chi connectivity index (χ1v) is 10.4. The van der Waals surface area contributed by atoms with E-state index >= 15 is 0 Å².